The normalized spacial score (nSPS) is 15.8. The SMILES string of the molecule is COc1ccc(CN2CCCNC2=O)cn1. The fraction of sp³-hybridized carbons (Fsp3) is 0.455. The van der Waals surface area contributed by atoms with Crippen molar-refractivity contribution in [1.29, 1.82) is 0 Å². The smallest absolute Gasteiger partial charge is 0.317 e. The van der Waals surface area contributed by atoms with Crippen LogP contribution in [0.15, 0.2) is 18.3 Å². The number of carbonyl (C=O) groups is 1. The molecule has 16 heavy (non-hydrogen) atoms. The van der Waals surface area contributed by atoms with E-state index in [4.69, 9.17) is 4.74 Å². The molecule has 5 nitrogen and oxygen atoms in total. The monoisotopic (exact) mass is 221 g/mol. The van der Waals surface area contributed by atoms with Gasteiger partial charge in [-0.15, -0.1) is 0 Å². The Labute approximate surface area is 94.4 Å². The van der Waals surface area contributed by atoms with Crippen LogP contribution in [0.1, 0.15) is 12.0 Å². The maximum atomic E-state index is 11.5. The molecule has 2 rings (SSSR count). The van der Waals surface area contributed by atoms with E-state index in [1.54, 1.807) is 24.3 Å². The Morgan fingerprint density at radius 3 is 3.06 bits per heavy atom. The number of carbonyl (C=O) groups excluding carboxylic acids is 1. The number of urea groups is 1. The molecule has 0 unspecified atom stereocenters. The second-order valence-corrected chi connectivity index (χ2v) is 3.72. The van der Waals surface area contributed by atoms with E-state index in [1.165, 1.54) is 0 Å². The van der Waals surface area contributed by atoms with E-state index in [1.807, 2.05) is 6.07 Å². The molecule has 0 bridgehead atoms. The van der Waals surface area contributed by atoms with Crippen molar-refractivity contribution in [2.45, 2.75) is 13.0 Å². The number of rotatable bonds is 3. The molecule has 0 aromatic carbocycles. The van der Waals surface area contributed by atoms with Crippen LogP contribution < -0.4 is 10.1 Å². The average molecular weight is 221 g/mol. The number of methoxy groups -OCH3 is 1. The van der Waals surface area contributed by atoms with E-state index in [0.717, 1.165) is 25.1 Å². The number of pyridine rings is 1. The zero-order chi connectivity index (χ0) is 11.4. The van der Waals surface area contributed by atoms with Crippen molar-refractivity contribution in [3.8, 4) is 5.88 Å². The summed E-state index contributed by atoms with van der Waals surface area (Å²) in [5.41, 5.74) is 1.01. The molecule has 0 saturated carbocycles. The summed E-state index contributed by atoms with van der Waals surface area (Å²) in [6.07, 6.45) is 2.73. The van der Waals surface area contributed by atoms with Gasteiger partial charge in [0.25, 0.3) is 0 Å². The zero-order valence-corrected chi connectivity index (χ0v) is 9.27. The Morgan fingerprint density at radius 1 is 1.56 bits per heavy atom. The van der Waals surface area contributed by atoms with Gasteiger partial charge in [-0.25, -0.2) is 9.78 Å². The lowest BCUT2D eigenvalue weighted by Crippen LogP contribution is -2.45. The van der Waals surface area contributed by atoms with E-state index in [9.17, 15) is 4.79 Å². The van der Waals surface area contributed by atoms with Crippen LogP contribution in [-0.4, -0.2) is 36.1 Å². The first-order chi connectivity index (χ1) is 7.79. The molecule has 86 valence electrons. The predicted molar refractivity (Wildman–Crippen MR) is 59.2 cm³/mol. The molecule has 1 aromatic rings. The standard InChI is InChI=1S/C11H15N3O2/c1-16-10-4-3-9(7-13-10)8-14-6-2-5-12-11(14)15/h3-4,7H,2,5-6,8H2,1H3,(H,12,15). The van der Waals surface area contributed by atoms with E-state index in [0.29, 0.717) is 12.4 Å². The highest BCUT2D eigenvalue weighted by atomic mass is 16.5. The van der Waals surface area contributed by atoms with Crippen molar-refractivity contribution in [2.24, 2.45) is 0 Å². The minimum absolute atomic E-state index is 0.00191. The van der Waals surface area contributed by atoms with Gasteiger partial charge in [-0.05, 0) is 12.0 Å². The predicted octanol–water partition coefficient (Wildman–Crippen LogP) is 1.01. The molecule has 2 heterocycles. The van der Waals surface area contributed by atoms with Crippen molar-refractivity contribution in [2.75, 3.05) is 20.2 Å². The Bertz CT molecular complexity index is 364. The minimum atomic E-state index is 0.00191. The van der Waals surface area contributed by atoms with Crippen LogP contribution in [0.25, 0.3) is 0 Å². The lowest BCUT2D eigenvalue weighted by Gasteiger charge is -2.27. The number of hydrogen-bond donors (Lipinski definition) is 1. The summed E-state index contributed by atoms with van der Waals surface area (Å²) >= 11 is 0. The van der Waals surface area contributed by atoms with Gasteiger partial charge in [-0.2, -0.15) is 0 Å². The molecule has 1 aliphatic rings. The van der Waals surface area contributed by atoms with Crippen molar-refractivity contribution in [1.82, 2.24) is 15.2 Å². The summed E-state index contributed by atoms with van der Waals surface area (Å²) < 4.78 is 4.98. The van der Waals surface area contributed by atoms with Crippen LogP contribution in [0.5, 0.6) is 5.88 Å². The van der Waals surface area contributed by atoms with Crippen molar-refractivity contribution >= 4 is 6.03 Å². The number of amides is 2. The molecule has 5 heteroatoms. The Hall–Kier alpha value is -1.78. The number of ether oxygens (including phenoxy) is 1. The first kappa shape index (κ1) is 10.7. The highest BCUT2D eigenvalue weighted by Crippen LogP contribution is 2.10. The van der Waals surface area contributed by atoms with Gasteiger partial charge < -0.3 is 15.0 Å². The van der Waals surface area contributed by atoms with Gasteiger partial charge in [0.15, 0.2) is 0 Å². The topological polar surface area (TPSA) is 54.5 Å². The molecule has 0 spiro atoms. The van der Waals surface area contributed by atoms with Gasteiger partial charge in [0.2, 0.25) is 5.88 Å². The van der Waals surface area contributed by atoms with E-state index in [-0.39, 0.29) is 6.03 Å². The van der Waals surface area contributed by atoms with Crippen LogP contribution in [0.4, 0.5) is 4.79 Å². The molecule has 1 saturated heterocycles. The number of hydrogen-bond acceptors (Lipinski definition) is 3. The average Bonchev–Trinajstić information content (AvgIpc) is 2.33. The number of aromatic nitrogens is 1. The van der Waals surface area contributed by atoms with Crippen LogP contribution in [0, 0.1) is 0 Å². The maximum Gasteiger partial charge on any atom is 0.317 e. The molecule has 0 radical (unpaired) electrons. The van der Waals surface area contributed by atoms with Gasteiger partial charge in [0.1, 0.15) is 0 Å². The number of nitrogens with zero attached hydrogens (tertiary/aromatic N) is 2. The van der Waals surface area contributed by atoms with E-state index >= 15 is 0 Å². The third-order valence-electron chi connectivity index (χ3n) is 2.55. The maximum absolute atomic E-state index is 11.5. The summed E-state index contributed by atoms with van der Waals surface area (Å²) in [5.74, 6) is 0.590. The summed E-state index contributed by atoms with van der Waals surface area (Å²) in [7, 11) is 1.58. The van der Waals surface area contributed by atoms with Gasteiger partial charge in [-0.1, -0.05) is 6.07 Å². The van der Waals surface area contributed by atoms with Crippen molar-refractivity contribution in [3.63, 3.8) is 0 Å². The minimum Gasteiger partial charge on any atom is -0.481 e. The van der Waals surface area contributed by atoms with Crippen LogP contribution in [0.2, 0.25) is 0 Å². The lowest BCUT2D eigenvalue weighted by molar-refractivity contribution is 0.183. The summed E-state index contributed by atoms with van der Waals surface area (Å²) in [6, 6.07) is 3.73. The van der Waals surface area contributed by atoms with Crippen LogP contribution in [-0.2, 0) is 6.54 Å². The van der Waals surface area contributed by atoms with E-state index in [2.05, 4.69) is 10.3 Å². The Balaban J connectivity index is 1.99. The van der Waals surface area contributed by atoms with Gasteiger partial charge >= 0.3 is 6.03 Å². The third-order valence-corrected chi connectivity index (χ3v) is 2.55. The molecule has 0 aliphatic carbocycles. The zero-order valence-electron chi connectivity index (χ0n) is 9.27. The van der Waals surface area contributed by atoms with Crippen molar-refractivity contribution in [3.05, 3.63) is 23.9 Å². The second-order valence-electron chi connectivity index (χ2n) is 3.72. The van der Waals surface area contributed by atoms with Crippen LogP contribution >= 0.6 is 0 Å². The summed E-state index contributed by atoms with van der Waals surface area (Å²) in [4.78, 5) is 17.4. The number of nitrogens with one attached hydrogen (secondary N) is 1. The molecule has 1 aliphatic heterocycles. The molecule has 2 amide bonds. The molecule has 0 atom stereocenters. The molecule has 1 aromatic heterocycles. The van der Waals surface area contributed by atoms with Crippen LogP contribution in [0.3, 0.4) is 0 Å². The first-order valence-electron chi connectivity index (χ1n) is 5.31. The van der Waals surface area contributed by atoms with E-state index < -0.39 is 0 Å². The lowest BCUT2D eigenvalue weighted by atomic mass is 10.2. The highest BCUT2D eigenvalue weighted by Gasteiger charge is 2.17. The van der Waals surface area contributed by atoms with Crippen molar-refractivity contribution < 1.29 is 9.53 Å². The first-order valence-corrected chi connectivity index (χ1v) is 5.31. The van der Waals surface area contributed by atoms with Gasteiger partial charge in [-0.3, -0.25) is 0 Å². The molecular formula is C11H15N3O2. The molecule has 1 fully saturated rings. The van der Waals surface area contributed by atoms with Gasteiger partial charge in [0, 0.05) is 31.9 Å². The summed E-state index contributed by atoms with van der Waals surface area (Å²) in [5, 5.41) is 2.82. The fourth-order valence-electron chi connectivity index (χ4n) is 1.68. The quantitative estimate of drug-likeness (QED) is 0.828. The Morgan fingerprint density at radius 2 is 2.44 bits per heavy atom. The molecular weight excluding hydrogens is 206 g/mol. The largest absolute Gasteiger partial charge is 0.481 e. The Kier molecular flexibility index (Phi) is 3.24. The summed E-state index contributed by atoms with van der Waals surface area (Å²) in [6.45, 7) is 2.18. The third kappa shape index (κ3) is 2.42. The molecule has 1 N–H and O–H groups in total. The fourth-order valence-corrected chi connectivity index (χ4v) is 1.68. The highest BCUT2D eigenvalue weighted by molar-refractivity contribution is 5.74. The van der Waals surface area contributed by atoms with Gasteiger partial charge in [0.05, 0.1) is 7.11 Å². The second kappa shape index (κ2) is 4.83.